The monoisotopic (exact) mass is 259 g/mol. The Morgan fingerprint density at radius 2 is 1.72 bits per heavy atom. The normalized spacial score (nSPS) is 11.6. The zero-order chi connectivity index (χ0) is 13.2. The fourth-order valence-electron chi connectivity index (χ4n) is 1.85. The lowest BCUT2D eigenvalue weighted by Crippen LogP contribution is -2.11. The van der Waals surface area contributed by atoms with E-state index in [1.807, 2.05) is 30.5 Å². The summed E-state index contributed by atoms with van der Waals surface area (Å²) in [6.07, 6.45) is 2.74. The van der Waals surface area contributed by atoms with Crippen LogP contribution >= 0.6 is 11.6 Å². The molecule has 94 valence electrons. The number of halogens is 1. The number of nitrogens with zero attached hydrogens (tertiary/aromatic N) is 1. The van der Waals surface area contributed by atoms with Gasteiger partial charge in [-0.3, -0.25) is 4.98 Å². The van der Waals surface area contributed by atoms with Crippen molar-refractivity contribution in [2.24, 2.45) is 0 Å². The molecule has 0 radical (unpaired) electrons. The van der Waals surface area contributed by atoms with Gasteiger partial charge in [0.1, 0.15) is 0 Å². The van der Waals surface area contributed by atoms with Gasteiger partial charge in [-0.2, -0.15) is 0 Å². The summed E-state index contributed by atoms with van der Waals surface area (Å²) in [4.78, 5) is 4.44. The molecule has 1 nitrogen and oxygen atoms in total. The molecule has 0 N–H and O–H groups in total. The second-order valence-electron chi connectivity index (χ2n) is 5.59. The smallest absolute Gasteiger partial charge is 0.0450 e. The molecule has 0 fully saturated rings. The van der Waals surface area contributed by atoms with Crippen molar-refractivity contribution in [3.8, 4) is 0 Å². The highest BCUT2D eigenvalue weighted by Gasteiger charge is 2.14. The lowest BCUT2D eigenvalue weighted by atomic mass is 9.87. The van der Waals surface area contributed by atoms with E-state index in [0.29, 0.717) is 0 Å². The van der Waals surface area contributed by atoms with E-state index in [1.54, 1.807) is 0 Å². The van der Waals surface area contributed by atoms with E-state index in [4.69, 9.17) is 11.6 Å². The number of pyridine rings is 1. The average molecular weight is 260 g/mol. The quantitative estimate of drug-likeness (QED) is 0.767. The summed E-state index contributed by atoms with van der Waals surface area (Å²) in [5, 5.41) is 0.773. The highest BCUT2D eigenvalue weighted by Crippen LogP contribution is 2.22. The topological polar surface area (TPSA) is 12.9 Å². The Morgan fingerprint density at radius 3 is 2.33 bits per heavy atom. The molecule has 0 atom stereocenters. The molecule has 1 heterocycles. The van der Waals surface area contributed by atoms with Gasteiger partial charge in [-0.15, -0.1) is 0 Å². The van der Waals surface area contributed by atoms with Gasteiger partial charge in [-0.05, 0) is 40.8 Å². The summed E-state index contributed by atoms with van der Waals surface area (Å²) < 4.78 is 0. The van der Waals surface area contributed by atoms with Gasteiger partial charge in [-0.25, -0.2) is 0 Å². The SMILES string of the molecule is CC(C)(C)c1ccnc(Cc2ccc(Cl)cc2)c1. The predicted molar refractivity (Wildman–Crippen MR) is 77.2 cm³/mol. The molecule has 0 aliphatic rings. The van der Waals surface area contributed by atoms with Crippen LogP contribution in [0.5, 0.6) is 0 Å². The summed E-state index contributed by atoms with van der Waals surface area (Å²) in [7, 11) is 0. The first kappa shape index (κ1) is 13.1. The molecule has 0 unspecified atom stereocenters. The largest absolute Gasteiger partial charge is 0.261 e. The second kappa shape index (κ2) is 5.11. The molecule has 0 spiro atoms. The van der Waals surface area contributed by atoms with E-state index in [9.17, 15) is 0 Å². The molecule has 1 aromatic carbocycles. The molecule has 2 aromatic rings. The molecule has 0 saturated carbocycles. The summed E-state index contributed by atoms with van der Waals surface area (Å²) >= 11 is 5.88. The minimum Gasteiger partial charge on any atom is -0.261 e. The summed E-state index contributed by atoms with van der Waals surface area (Å²) in [5.41, 5.74) is 3.82. The van der Waals surface area contributed by atoms with Crippen molar-refractivity contribution < 1.29 is 0 Å². The van der Waals surface area contributed by atoms with Gasteiger partial charge in [-0.1, -0.05) is 44.5 Å². The van der Waals surface area contributed by atoms with E-state index in [2.05, 4.69) is 37.9 Å². The van der Waals surface area contributed by atoms with Crippen LogP contribution in [0.15, 0.2) is 42.6 Å². The van der Waals surface area contributed by atoms with Crippen molar-refractivity contribution in [1.82, 2.24) is 4.98 Å². The maximum atomic E-state index is 5.88. The molecule has 18 heavy (non-hydrogen) atoms. The summed E-state index contributed by atoms with van der Waals surface area (Å²) in [5.74, 6) is 0. The highest BCUT2D eigenvalue weighted by atomic mass is 35.5. The molecule has 0 amide bonds. The highest BCUT2D eigenvalue weighted by molar-refractivity contribution is 6.30. The van der Waals surface area contributed by atoms with Crippen LogP contribution < -0.4 is 0 Å². The van der Waals surface area contributed by atoms with E-state index >= 15 is 0 Å². The van der Waals surface area contributed by atoms with Gasteiger partial charge in [0, 0.05) is 23.3 Å². The molecule has 2 rings (SSSR count). The Bertz CT molecular complexity index is 524. The number of hydrogen-bond acceptors (Lipinski definition) is 1. The predicted octanol–water partition coefficient (Wildman–Crippen LogP) is 4.62. The standard InChI is InChI=1S/C16H18ClN/c1-16(2,3)13-8-9-18-15(11-13)10-12-4-6-14(17)7-5-12/h4-9,11H,10H2,1-3H3. The van der Waals surface area contributed by atoms with Gasteiger partial charge in [0.2, 0.25) is 0 Å². The van der Waals surface area contributed by atoms with Gasteiger partial charge >= 0.3 is 0 Å². The third kappa shape index (κ3) is 3.33. The Hall–Kier alpha value is -1.34. The van der Waals surface area contributed by atoms with Gasteiger partial charge in [0.05, 0.1) is 0 Å². The van der Waals surface area contributed by atoms with Crippen LogP contribution in [0.3, 0.4) is 0 Å². The lowest BCUT2D eigenvalue weighted by molar-refractivity contribution is 0.588. The Balaban J connectivity index is 2.22. The van der Waals surface area contributed by atoms with E-state index in [0.717, 1.165) is 17.1 Å². The first-order chi connectivity index (χ1) is 8.45. The van der Waals surface area contributed by atoms with Gasteiger partial charge < -0.3 is 0 Å². The third-order valence-electron chi connectivity index (χ3n) is 2.98. The molecule has 0 aliphatic carbocycles. The number of aromatic nitrogens is 1. The minimum absolute atomic E-state index is 0.164. The average Bonchev–Trinajstić information content (AvgIpc) is 2.31. The maximum Gasteiger partial charge on any atom is 0.0450 e. The van der Waals surface area contributed by atoms with E-state index < -0.39 is 0 Å². The van der Waals surface area contributed by atoms with Crippen molar-refractivity contribution >= 4 is 11.6 Å². The number of rotatable bonds is 2. The first-order valence-electron chi connectivity index (χ1n) is 6.15. The molecule has 1 aromatic heterocycles. The summed E-state index contributed by atoms with van der Waals surface area (Å²) in [6, 6.07) is 12.2. The molecule has 0 bridgehead atoms. The molecule has 0 saturated heterocycles. The van der Waals surface area contributed by atoms with Crippen LogP contribution in [0.2, 0.25) is 5.02 Å². The zero-order valence-corrected chi connectivity index (χ0v) is 11.8. The first-order valence-corrected chi connectivity index (χ1v) is 6.53. The van der Waals surface area contributed by atoms with E-state index in [1.165, 1.54) is 11.1 Å². The third-order valence-corrected chi connectivity index (χ3v) is 3.23. The van der Waals surface area contributed by atoms with Crippen molar-refractivity contribution in [2.75, 3.05) is 0 Å². The second-order valence-corrected chi connectivity index (χ2v) is 6.03. The van der Waals surface area contributed by atoms with E-state index in [-0.39, 0.29) is 5.41 Å². The molecular weight excluding hydrogens is 242 g/mol. The molecule has 2 heteroatoms. The Kier molecular flexibility index (Phi) is 3.72. The Morgan fingerprint density at radius 1 is 1.06 bits per heavy atom. The van der Waals surface area contributed by atoms with Gasteiger partial charge in [0.15, 0.2) is 0 Å². The van der Waals surface area contributed by atoms with Crippen LogP contribution in [0.1, 0.15) is 37.6 Å². The number of hydrogen-bond donors (Lipinski definition) is 0. The van der Waals surface area contributed by atoms with Crippen molar-refractivity contribution in [2.45, 2.75) is 32.6 Å². The fourth-order valence-corrected chi connectivity index (χ4v) is 1.98. The van der Waals surface area contributed by atoms with Crippen LogP contribution in [0, 0.1) is 0 Å². The van der Waals surface area contributed by atoms with Crippen molar-refractivity contribution in [3.63, 3.8) is 0 Å². The molecule has 0 aliphatic heterocycles. The summed E-state index contributed by atoms with van der Waals surface area (Å²) in [6.45, 7) is 6.65. The number of benzene rings is 1. The van der Waals surface area contributed by atoms with Crippen LogP contribution in [0.25, 0.3) is 0 Å². The lowest BCUT2D eigenvalue weighted by Gasteiger charge is -2.19. The van der Waals surface area contributed by atoms with Crippen LogP contribution in [0.4, 0.5) is 0 Å². The van der Waals surface area contributed by atoms with Crippen LogP contribution in [-0.4, -0.2) is 4.98 Å². The van der Waals surface area contributed by atoms with Crippen LogP contribution in [-0.2, 0) is 11.8 Å². The molecular formula is C16H18ClN. The van der Waals surface area contributed by atoms with Crippen molar-refractivity contribution in [3.05, 3.63) is 64.4 Å². The minimum atomic E-state index is 0.164. The maximum absolute atomic E-state index is 5.88. The zero-order valence-electron chi connectivity index (χ0n) is 11.1. The van der Waals surface area contributed by atoms with Gasteiger partial charge in [0.25, 0.3) is 0 Å². The Labute approximate surface area is 114 Å². The van der Waals surface area contributed by atoms with Crippen molar-refractivity contribution in [1.29, 1.82) is 0 Å². The fraction of sp³-hybridized carbons (Fsp3) is 0.312.